The molecule has 0 amide bonds. The highest BCUT2D eigenvalue weighted by atomic mass is 16.5. The Balaban J connectivity index is 3.12. The van der Waals surface area contributed by atoms with Gasteiger partial charge in [-0.15, -0.1) is 0 Å². The highest BCUT2D eigenvalue weighted by molar-refractivity contribution is 6.10. The number of para-hydroxylation sites is 1. The van der Waals surface area contributed by atoms with Gasteiger partial charge in [-0.3, -0.25) is 4.99 Å². The number of rotatable bonds is 5. The molecule has 1 rings (SSSR count). The van der Waals surface area contributed by atoms with Gasteiger partial charge in [0.15, 0.2) is 0 Å². The number of carbonyl (C=O) groups is 2. The van der Waals surface area contributed by atoms with Crippen LogP contribution in [0.25, 0.3) is 0 Å². The molecule has 0 atom stereocenters. The van der Waals surface area contributed by atoms with Gasteiger partial charge in [0.25, 0.3) is 0 Å². The molecule has 1 N–H and O–H groups in total. The molecule has 0 saturated carbocycles. The number of hydrogen-bond donors (Lipinski definition) is 1. The van der Waals surface area contributed by atoms with Gasteiger partial charge in [0.05, 0.1) is 25.0 Å². The average Bonchev–Trinajstić information content (AvgIpc) is 2.47. The van der Waals surface area contributed by atoms with Crippen molar-refractivity contribution in [2.45, 2.75) is 13.8 Å². The molecule has 0 heterocycles. The van der Waals surface area contributed by atoms with Gasteiger partial charge in [-0.1, -0.05) is 12.1 Å². The summed E-state index contributed by atoms with van der Waals surface area (Å²) in [4.78, 5) is 27.3. The zero-order valence-electron chi connectivity index (χ0n) is 12.1. The second-order valence-electron chi connectivity index (χ2n) is 3.99. The molecule has 0 radical (unpaired) electrons. The van der Waals surface area contributed by atoms with E-state index in [2.05, 4.69) is 9.73 Å². The topological polar surface area (TPSA) is 85.2 Å². The molecule has 0 saturated heterocycles. The molecule has 0 aromatic heterocycles. The third kappa shape index (κ3) is 4.45. The van der Waals surface area contributed by atoms with Crippen LogP contribution in [0.2, 0.25) is 0 Å². The largest absolute Gasteiger partial charge is 0.512 e. The van der Waals surface area contributed by atoms with Crippen molar-refractivity contribution < 1.29 is 24.2 Å². The fourth-order valence-electron chi connectivity index (χ4n) is 1.51. The Kier molecular flexibility index (Phi) is 6.13. The van der Waals surface area contributed by atoms with Gasteiger partial charge in [0.1, 0.15) is 11.3 Å². The minimum atomic E-state index is -0.684. The minimum absolute atomic E-state index is 0.0727. The van der Waals surface area contributed by atoms with Crippen LogP contribution in [0.4, 0.5) is 5.69 Å². The Bertz CT molecular complexity index is 585. The van der Waals surface area contributed by atoms with Crippen LogP contribution in [0, 0.1) is 0 Å². The van der Waals surface area contributed by atoms with E-state index in [9.17, 15) is 14.7 Å². The number of methoxy groups -OCH3 is 1. The van der Waals surface area contributed by atoms with Crippen molar-refractivity contribution in [2.75, 3.05) is 13.7 Å². The lowest BCUT2D eigenvalue weighted by molar-refractivity contribution is -0.138. The van der Waals surface area contributed by atoms with Crippen molar-refractivity contribution in [3.63, 3.8) is 0 Å². The zero-order chi connectivity index (χ0) is 15.8. The quantitative estimate of drug-likeness (QED) is 0.390. The molecule has 0 aliphatic carbocycles. The molecule has 6 heteroatoms. The Morgan fingerprint density at radius 2 is 2.00 bits per heavy atom. The molecule has 1 aromatic carbocycles. The van der Waals surface area contributed by atoms with Crippen LogP contribution in [-0.4, -0.2) is 37.0 Å². The molecule has 0 aliphatic rings. The summed E-state index contributed by atoms with van der Waals surface area (Å²) in [5.74, 6) is -1.44. The van der Waals surface area contributed by atoms with Gasteiger partial charge >= 0.3 is 11.9 Å². The number of aliphatic hydroxyl groups excluding tert-OH is 1. The van der Waals surface area contributed by atoms with Crippen LogP contribution >= 0.6 is 0 Å². The van der Waals surface area contributed by atoms with Crippen LogP contribution in [0.1, 0.15) is 24.2 Å². The van der Waals surface area contributed by atoms with Crippen molar-refractivity contribution in [2.24, 2.45) is 4.99 Å². The van der Waals surface area contributed by atoms with Crippen molar-refractivity contribution in [1.82, 2.24) is 0 Å². The average molecular weight is 291 g/mol. The van der Waals surface area contributed by atoms with Gasteiger partial charge in [-0.25, -0.2) is 9.59 Å². The highest BCUT2D eigenvalue weighted by Gasteiger charge is 2.14. The standard InChI is InChI=1S/C15H17NO5/c1-4-21-15(19)12(10(2)17)9-16-13-8-6-5-7-11(13)14(18)20-3/h5-9,17H,4H2,1-3H3/b12-10+,16-9?. The summed E-state index contributed by atoms with van der Waals surface area (Å²) in [5.41, 5.74) is 0.513. The zero-order valence-corrected chi connectivity index (χ0v) is 12.1. The number of esters is 2. The molecule has 0 bridgehead atoms. The molecular formula is C15H17NO5. The van der Waals surface area contributed by atoms with E-state index in [0.29, 0.717) is 5.69 Å². The van der Waals surface area contributed by atoms with Crippen LogP contribution in [0.15, 0.2) is 40.6 Å². The fourth-order valence-corrected chi connectivity index (χ4v) is 1.51. The van der Waals surface area contributed by atoms with E-state index >= 15 is 0 Å². The maximum absolute atomic E-state index is 11.7. The van der Waals surface area contributed by atoms with Gasteiger partial charge in [0, 0.05) is 6.21 Å². The third-order valence-electron chi connectivity index (χ3n) is 2.53. The number of allylic oxidation sites excluding steroid dienone is 1. The first-order valence-electron chi connectivity index (χ1n) is 6.29. The first-order chi connectivity index (χ1) is 10.0. The van der Waals surface area contributed by atoms with Crippen molar-refractivity contribution in [1.29, 1.82) is 0 Å². The molecule has 1 aromatic rings. The Morgan fingerprint density at radius 3 is 2.57 bits per heavy atom. The second kappa shape index (κ2) is 7.84. The van der Waals surface area contributed by atoms with Crippen LogP contribution in [0.5, 0.6) is 0 Å². The Morgan fingerprint density at radius 1 is 1.33 bits per heavy atom. The monoisotopic (exact) mass is 291 g/mol. The summed E-state index contributed by atoms with van der Waals surface area (Å²) < 4.78 is 9.46. The molecule has 6 nitrogen and oxygen atoms in total. The first kappa shape index (κ1) is 16.4. The molecule has 0 fully saturated rings. The number of ether oxygens (including phenoxy) is 2. The van der Waals surface area contributed by atoms with Crippen LogP contribution in [0.3, 0.4) is 0 Å². The van der Waals surface area contributed by atoms with E-state index in [4.69, 9.17) is 4.74 Å². The van der Waals surface area contributed by atoms with E-state index < -0.39 is 11.9 Å². The summed E-state index contributed by atoms with van der Waals surface area (Å²) in [5, 5.41) is 9.51. The maximum atomic E-state index is 11.7. The molecule has 112 valence electrons. The van der Waals surface area contributed by atoms with Crippen LogP contribution in [-0.2, 0) is 14.3 Å². The lowest BCUT2D eigenvalue weighted by Gasteiger charge is -2.05. The SMILES string of the molecule is CCOC(=O)/C(C=Nc1ccccc1C(=O)OC)=C(\C)O. The number of carbonyl (C=O) groups excluding carboxylic acids is 2. The Labute approximate surface area is 122 Å². The van der Waals surface area contributed by atoms with Gasteiger partial charge < -0.3 is 14.6 Å². The fraction of sp³-hybridized carbons (Fsp3) is 0.267. The normalized spacial score (nSPS) is 12.0. The smallest absolute Gasteiger partial charge is 0.343 e. The summed E-state index contributed by atoms with van der Waals surface area (Å²) >= 11 is 0. The second-order valence-corrected chi connectivity index (χ2v) is 3.99. The minimum Gasteiger partial charge on any atom is -0.512 e. The summed E-state index contributed by atoms with van der Waals surface area (Å²) in [7, 11) is 1.27. The van der Waals surface area contributed by atoms with E-state index in [-0.39, 0.29) is 23.5 Å². The van der Waals surface area contributed by atoms with Gasteiger partial charge in [0.2, 0.25) is 0 Å². The number of nitrogens with zero attached hydrogens (tertiary/aromatic N) is 1. The summed E-state index contributed by atoms with van der Waals surface area (Å²) in [6.45, 7) is 3.19. The predicted octanol–water partition coefficient (Wildman–Crippen LogP) is 2.57. The number of benzene rings is 1. The van der Waals surface area contributed by atoms with Crippen molar-refractivity contribution in [3.8, 4) is 0 Å². The van der Waals surface area contributed by atoms with Gasteiger partial charge in [-0.2, -0.15) is 0 Å². The molecule has 0 aliphatic heterocycles. The molecule has 0 unspecified atom stereocenters. The Hall–Kier alpha value is -2.63. The predicted molar refractivity (Wildman–Crippen MR) is 77.9 cm³/mol. The first-order valence-corrected chi connectivity index (χ1v) is 6.29. The third-order valence-corrected chi connectivity index (χ3v) is 2.53. The van der Waals surface area contributed by atoms with Gasteiger partial charge in [-0.05, 0) is 26.0 Å². The summed E-state index contributed by atoms with van der Waals surface area (Å²) in [6.07, 6.45) is 1.16. The molecular weight excluding hydrogens is 274 g/mol. The van der Waals surface area contributed by atoms with Crippen LogP contribution < -0.4 is 0 Å². The maximum Gasteiger partial charge on any atom is 0.343 e. The summed E-state index contributed by atoms with van der Waals surface area (Å²) in [6, 6.07) is 6.51. The number of hydrogen-bond acceptors (Lipinski definition) is 6. The lowest BCUT2D eigenvalue weighted by atomic mass is 10.2. The van der Waals surface area contributed by atoms with E-state index in [1.54, 1.807) is 31.2 Å². The molecule has 21 heavy (non-hydrogen) atoms. The van der Waals surface area contributed by atoms with E-state index in [1.807, 2.05) is 0 Å². The van der Waals surface area contributed by atoms with E-state index in [0.717, 1.165) is 6.21 Å². The van der Waals surface area contributed by atoms with Crippen molar-refractivity contribution >= 4 is 23.8 Å². The lowest BCUT2D eigenvalue weighted by Crippen LogP contribution is -2.10. The van der Waals surface area contributed by atoms with Crippen molar-refractivity contribution in [3.05, 3.63) is 41.2 Å². The highest BCUT2D eigenvalue weighted by Crippen LogP contribution is 2.19. The van der Waals surface area contributed by atoms with E-state index in [1.165, 1.54) is 14.0 Å². The number of aliphatic hydroxyl groups is 1. The molecule has 0 spiro atoms. The number of aliphatic imine (C=N–C) groups is 1.